The van der Waals surface area contributed by atoms with Gasteiger partial charge in [0, 0.05) is 6.04 Å². The van der Waals surface area contributed by atoms with Gasteiger partial charge in [-0.2, -0.15) is 0 Å². The van der Waals surface area contributed by atoms with E-state index in [1.807, 2.05) is 0 Å². The van der Waals surface area contributed by atoms with E-state index in [9.17, 15) is 0 Å². The van der Waals surface area contributed by atoms with Crippen LogP contribution >= 0.6 is 0 Å². The van der Waals surface area contributed by atoms with Crippen LogP contribution in [0.25, 0.3) is 0 Å². The van der Waals surface area contributed by atoms with Crippen molar-refractivity contribution in [2.24, 2.45) is 5.92 Å². The van der Waals surface area contributed by atoms with E-state index in [4.69, 9.17) is 6.42 Å². The van der Waals surface area contributed by atoms with Crippen molar-refractivity contribution in [1.82, 2.24) is 5.32 Å². The average Bonchev–Trinajstić information content (AvgIpc) is 3.05. The number of hydrogen-bond donors (Lipinski definition) is 1. The number of hydrogen-bond acceptors (Lipinski definition) is 1. The molecule has 1 nitrogen and oxygen atoms in total. The molecule has 1 aromatic rings. The van der Waals surface area contributed by atoms with E-state index >= 15 is 0 Å². The van der Waals surface area contributed by atoms with Gasteiger partial charge >= 0.3 is 0 Å². The smallest absolute Gasteiger partial charge is 0.0578 e. The number of terminal acetylenes is 1. The first kappa shape index (κ1) is 10.3. The third kappa shape index (κ3) is 2.61. The van der Waals surface area contributed by atoms with Crippen molar-refractivity contribution < 1.29 is 0 Å². The lowest BCUT2D eigenvalue weighted by molar-refractivity contribution is 0.511. The Hall–Kier alpha value is -1.26. The molecule has 0 radical (unpaired) electrons. The Bertz CT molecular complexity index is 354. The van der Waals surface area contributed by atoms with E-state index in [0.29, 0.717) is 12.6 Å². The van der Waals surface area contributed by atoms with Gasteiger partial charge in [0.2, 0.25) is 0 Å². The molecule has 1 aromatic carbocycles. The minimum absolute atomic E-state index is 0.460. The van der Waals surface area contributed by atoms with Gasteiger partial charge in [0.15, 0.2) is 0 Å². The summed E-state index contributed by atoms with van der Waals surface area (Å²) in [6, 6.07) is 9.22. The Morgan fingerprint density at radius 2 is 2.07 bits per heavy atom. The molecule has 0 amide bonds. The Kier molecular flexibility index (Phi) is 3.08. The van der Waals surface area contributed by atoms with Crippen molar-refractivity contribution in [2.75, 3.05) is 6.54 Å². The summed E-state index contributed by atoms with van der Waals surface area (Å²) in [6.45, 7) is 2.78. The van der Waals surface area contributed by atoms with Gasteiger partial charge in [-0.1, -0.05) is 35.7 Å². The number of benzene rings is 1. The highest BCUT2D eigenvalue weighted by atomic mass is 14.9. The van der Waals surface area contributed by atoms with Gasteiger partial charge in [0.25, 0.3) is 0 Å². The SMILES string of the molecule is C#CCNC(c1ccc(C)cc1)C1CC1. The molecule has 2 rings (SSSR count). The highest BCUT2D eigenvalue weighted by molar-refractivity contribution is 5.25. The molecule has 0 aromatic heterocycles. The van der Waals surface area contributed by atoms with E-state index < -0.39 is 0 Å². The summed E-state index contributed by atoms with van der Waals surface area (Å²) in [6.07, 6.45) is 7.95. The molecule has 0 saturated heterocycles. The Labute approximate surface area is 91.9 Å². The van der Waals surface area contributed by atoms with Crippen LogP contribution in [0.15, 0.2) is 24.3 Å². The van der Waals surface area contributed by atoms with Crippen molar-refractivity contribution in [2.45, 2.75) is 25.8 Å². The fraction of sp³-hybridized carbons (Fsp3) is 0.429. The van der Waals surface area contributed by atoms with Crippen LogP contribution in [0.1, 0.15) is 30.0 Å². The van der Waals surface area contributed by atoms with Gasteiger partial charge in [-0.25, -0.2) is 0 Å². The number of rotatable bonds is 4. The molecule has 1 N–H and O–H groups in total. The number of aryl methyl sites for hydroxylation is 1. The molecule has 0 bridgehead atoms. The predicted octanol–water partition coefficient (Wildman–Crippen LogP) is 2.67. The summed E-state index contributed by atoms with van der Waals surface area (Å²) in [4.78, 5) is 0. The third-order valence-electron chi connectivity index (χ3n) is 2.95. The standard InChI is InChI=1S/C14H17N/c1-3-10-15-14(13-8-9-13)12-6-4-11(2)5-7-12/h1,4-7,13-15H,8-10H2,2H3. The van der Waals surface area contributed by atoms with Gasteiger partial charge in [0.05, 0.1) is 6.54 Å². The van der Waals surface area contributed by atoms with Crippen LogP contribution in [0.4, 0.5) is 0 Å². The molecule has 0 spiro atoms. The summed E-state index contributed by atoms with van der Waals surface area (Å²) in [5.74, 6) is 3.44. The Balaban J connectivity index is 2.10. The second-order valence-corrected chi connectivity index (χ2v) is 4.31. The van der Waals surface area contributed by atoms with Gasteiger partial charge in [0.1, 0.15) is 0 Å². The summed E-state index contributed by atoms with van der Waals surface area (Å²) >= 11 is 0. The van der Waals surface area contributed by atoms with Crippen molar-refractivity contribution in [3.63, 3.8) is 0 Å². The van der Waals surface area contributed by atoms with Crippen LogP contribution in [0.3, 0.4) is 0 Å². The van der Waals surface area contributed by atoms with Crippen LogP contribution < -0.4 is 5.32 Å². The van der Waals surface area contributed by atoms with Crippen molar-refractivity contribution in [3.8, 4) is 12.3 Å². The largest absolute Gasteiger partial charge is 0.299 e. The summed E-state index contributed by atoms with van der Waals surface area (Å²) in [7, 11) is 0. The van der Waals surface area contributed by atoms with E-state index in [1.54, 1.807) is 0 Å². The zero-order valence-electron chi connectivity index (χ0n) is 9.16. The highest BCUT2D eigenvalue weighted by Gasteiger charge is 2.31. The normalized spacial score (nSPS) is 17.1. The van der Waals surface area contributed by atoms with Crippen LogP contribution in [-0.4, -0.2) is 6.54 Å². The molecule has 1 aliphatic rings. The molecule has 1 aliphatic carbocycles. The molecule has 78 valence electrons. The predicted molar refractivity (Wildman–Crippen MR) is 63.5 cm³/mol. The molecule has 1 fully saturated rings. The molecular weight excluding hydrogens is 182 g/mol. The van der Waals surface area contributed by atoms with Crippen molar-refractivity contribution >= 4 is 0 Å². The fourth-order valence-corrected chi connectivity index (χ4v) is 1.93. The maximum atomic E-state index is 5.29. The fourth-order valence-electron chi connectivity index (χ4n) is 1.93. The van der Waals surface area contributed by atoms with E-state index in [2.05, 4.69) is 42.4 Å². The van der Waals surface area contributed by atoms with E-state index in [1.165, 1.54) is 24.0 Å². The topological polar surface area (TPSA) is 12.0 Å². The van der Waals surface area contributed by atoms with Crippen LogP contribution in [0, 0.1) is 25.2 Å². The lowest BCUT2D eigenvalue weighted by atomic mass is 10.0. The van der Waals surface area contributed by atoms with Crippen LogP contribution in [-0.2, 0) is 0 Å². The second kappa shape index (κ2) is 4.51. The Morgan fingerprint density at radius 3 is 2.60 bits per heavy atom. The van der Waals surface area contributed by atoms with Gasteiger partial charge in [-0.3, -0.25) is 5.32 Å². The first-order valence-corrected chi connectivity index (χ1v) is 5.54. The van der Waals surface area contributed by atoms with Gasteiger partial charge < -0.3 is 0 Å². The minimum atomic E-state index is 0.460. The minimum Gasteiger partial charge on any atom is -0.299 e. The molecular formula is C14H17N. The maximum absolute atomic E-state index is 5.29. The van der Waals surface area contributed by atoms with Crippen molar-refractivity contribution in [3.05, 3.63) is 35.4 Å². The zero-order valence-corrected chi connectivity index (χ0v) is 9.16. The lowest BCUT2D eigenvalue weighted by Crippen LogP contribution is -2.23. The first-order chi connectivity index (χ1) is 7.31. The van der Waals surface area contributed by atoms with Crippen LogP contribution in [0.2, 0.25) is 0 Å². The summed E-state index contributed by atoms with van der Waals surface area (Å²) in [5, 5.41) is 3.43. The first-order valence-electron chi connectivity index (χ1n) is 5.54. The molecule has 15 heavy (non-hydrogen) atoms. The Morgan fingerprint density at radius 1 is 1.40 bits per heavy atom. The number of nitrogens with one attached hydrogen (secondary N) is 1. The highest BCUT2D eigenvalue weighted by Crippen LogP contribution is 2.40. The van der Waals surface area contributed by atoms with E-state index in [-0.39, 0.29) is 0 Å². The van der Waals surface area contributed by atoms with Crippen molar-refractivity contribution in [1.29, 1.82) is 0 Å². The summed E-state index contributed by atoms with van der Waals surface area (Å²) < 4.78 is 0. The second-order valence-electron chi connectivity index (χ2n) is 4.31. The zero-order chi connectivity index (χ0) is 10.7. The molecule has 1 heteroatoms. The van der Waals surface area contributed by atoms with E-state index in [0.717, 1.165) is 5.92 Å². The maximum Gasteiger partial charge on any atom is 0.0578 e. The molecule has 1 unspecified atom stereocenters. The summed E-state index contributed by atoms with van der Waals surface area (Å²) in [5.41, 5.74) is 2.68. The quantitative estimate of drug-likeness (QED) is 0.735. The molecule has 0 heterocycles. The van der Waals surface area contributed by atoms with Gasteiger partial charge in [-0.15, -0.1) is 6.42 Å². The average molecular weight is 199 g/mol. The lowest BCUT2D eigenvalue weighted by Gasteiger charge is -2.17. The van der Waals surface area contributed by atoms with Gasteiger partial charge in [-0.05, 0) is 31.2 Å². The monoisotopic (exact) mass is 199 g/mol. The molecule has 0 aliphatic heterocycles. The molecule has 1 saturated carbocycles. The van der Waals surface area contributed by atoms with Crippen LogP contribution in [0.5, 0.6) is 0 Å². The third-order valence-corrected chi connectivity index (χ3v) is 2.95. The molecule has 1 atom stereocenters.